The first-order valence-corrected chi connectivity index (χ1v) is 11.9. The van der Waals surface area contributed by atoms with E-state index in [1.807, 2.05) is 30.3 Å². The van der Waals surface area contributed by atoms with Crippen LogP contribution in [0.2, 0.25) is 0 Å². The first-order chi connectivity index (χ1) is 15.3. The van der Waals surface area contributed by atoms with Gasteiger partial charge in [-0.05, 0) is 38.8 Å². The molecule has 0 saturated heterocycles. The van der Waals surface area contributed by atoms with Crippen molar-refractivity contribution in [2.24, 2.45) is 0 Å². The number of benzene rings is 1. The van der Waals surface area contributed by atoms with Crippen LogP contribution in [0.4, 0.5) is 0 Å². The van der Waals surface area contributed by atoms with Gasteiger partial charge in [0.2, 0.25) is 17.7 Å². The Bertz CT molecular complexity index is 749. The maximum absolute atomic E-state index is 12.8. The number of carbonyl (C=O) groups is 4. The van der Waals surface area contributed by atoms with E-state index in [1.54, 1.807) is 14.0 Å². The third-order valence-corrected chi connectivity index (χ3v) is 5.60. The van der Waals surface area contributed by atoms with E-state index in [0.717, 1.165) is 12.0 Å². The van der Waals surface area contributed by atoms with Crippen molar-refractivity contribution in [3.05, 3.63) is 35.9 Å². The third kappa shape index (κ3) is 10.5. The van der Waals surface area contributed by atoms with E-state index in [9.17, 15) is 19.2 Å². The number of unbranched alkanes of at least 4 members (excludes halogenated alkanes) is 1. The highest BCUT2D eigenvalue weighted by atomic mass is 32.1. The maximum atomic E-state index is 12.8. The number of likely N-dealkylation sites (N-methyl/N-ethyl adjacent to an activating group) is 1. The molecular formula is C22H34N4O4S2. The Hall–Kier alpha value is -2.04. The highest BCUT2D eigenvalue weighted by molar-refractivity contribution is 7.81. The standard InChI is InChI=1S/C22H34N4O4S2/c1-15(27)17(23-2)10-6-7-11-24-21(29)19(13-31)26-22(30)18(25-20(28)14-32)12-16-8-4-3-5-9-16/h3-5,8-9,17-19,23,31-32H,6-7,10-14H2,1-2H3,(H,24,29)(H,25,28)(H,26,30). The number of hydrogen-bond acceptors (Lipinski definition) is 7. The second-order valence-corrected chi connectivity index (χ2v) is 8.13. The van der Waals surface area contributed by atoms with Gasteiger partial charge >= 0.3 is 0 Å². The van der Waals surface area contributed by atoms with Gasteiger partial charge in [0, 0.05) is 18.7 Å². The largest absolute Gasteiger partial charge is 0.354 e. The van der Waals surface area contributed by atoms with Crippen LogP contribution in [-0.2, 0) is 25.6 Å². The van der Waals surface area contributed by atoms with Gasteiger partial charge < -0.3 is 21.3 Å². The molecule has 1 aromatic carbocycles. The summed E-state index contributed by atoms with van der Waals surface area (Å²) in [4.78, 5) is 48.6. The van der Waals surface area contributed by atoms with Gasteiger partial charge in [-0.25, -0.2) is 0 Å². The van der Waals surface area contributed by atoms with Crippen molar-refractivity contribution in [3.63, 3.8) is 0 Å². The van der Waals surface area contributed by atoms with E-state index in [0.29, 0.717) is 19.4 Å². The minimum Gasteiger partial charge on any atom is -0.354 e. The van der Waals surface area contributed by atoms with Crippen LogP contribution < -0.4 is 21.3 Å². The predicted octanol–water partition coefficient (Wildman–Crippen LogP) is 0.522. The normalized spacial score (nSPS) is 13.5. The van der Waals surface area contributed by atoms with Crippen molar-refractivity contribution in [1.82, 2.24) is 21.3 Å². The zero-order valence-electron chi connectivity index (χ0n) is 18.6. The van der Waals surface area contributed by atoms with Crippen molar-refractivity contribution < 1.29 is 19.2 Å². The fraction of sp³-hybridized carbons (Fsp3) is 0.545. The molecule has 0 heterocycles. The molecule has 3 atom stereocenters. The summed E-state index contributed by atoms with van der Waals surface area (Å²) < 4.78 is 0. The monoisotopic (exact) mass is 482 g/mol. The molecule has 0 radical (unpaired) electrons. The lowest BCUT2D eigenvalue weighted by atomic mass is 10.0. The van der Waals surface area contributed by atoms with E-state index in [2.05, 4.69) is 46.5 Å². The molecular weight excluding hydrogens is 448 g/mol. The predicted molar refractivity (Wildman–Crippen MR) is 132 cm³/mol. The molecule has 10 heteroatoms. The quantitative estimate of drug-likeness (QED) is 0.161. The van der Waals surface area contributed by atoms with Crippen molar-refractivity contribution in [1.29, 1.82) is 0 Å². The molecule has 3 amide bonds. The molecule has 0 saturated carbocycles. The number of amides is 3. The second-order valence-electron chi connectivity index (χ2n) is 7.45. The molecule has 0 bridgehead atoms. The fourth-order valence-electron chi connectivity index (χ4n) is 3.12. The summed E-state index contributed by atoms with van der Waals surface area (Å²) in [5.41, 5.74) is 0.879. The zero-order chi connectivity index (χ0) is 23.9. The summed E-state index contributed by atoms with van der Waals surface area (Å²) in [6.07, 6.45) is 2.47. The summed E-state index contributed by atoms with van der Waals surface area (Å²) in [5, 5.41) is 11.1. The van der Waals surface area contributed by atoms with E-state index in [-0.39, 0.29) is 41.6 Å². The summed E-state index contributed by atoms with van der Waals surface area (Å²) in [6.45, 7) is 1.98. The van der Waals surface area contributed by atoms with Gasteiger partial charge in [-0.15, -0.1) is 0 Å². The second kappa shape index (κ2) is 15.7. The van der Waals surface area contributed by atoms with Crippen LogP contribution in [0.1, 0.15) is 31.7 Å². The van der Waals surface area contributed by atoms with E-state index < -0.39 is 18.0 Å². The first kappa shape index (κ1) is 28.0. The Morgan fingerprint density at radius 2 is 1.59 bits per heavy atom. The summed E-state index contributed by atoms with van der Waals surface area (Å²) in [6, 6.07) is 7.45. The number of carbonyl (C=O) groups excluding carboxylic acids is 4. The van der Waals surface area contributed by atoms with E-state index in [4.69, 9.17) is 0 Å². The minimum absolute atomic E-state index is 0.0485. The summed E-state index contributed by atoms with van der Waals surface area (Å²) >= 11 is 8.14. The Balaban J connectivity index is 2.59. The number of nitrogens with one attached hydrogen (secondary N) is 4. The maximum Gasteiger partial charge on any atom is 0.243 e. The first-order valence-electron chi connectivity index (χ1n) is 10.6. The Morgan fingerprint density at radius 3 is 2.16 bits per heavy atom. The molecule has 8 nitrogen and oxygen atoms in total. The Kier molecular flexibility index (Phi) is 13.7. The van der Waals surface area contributed by atoms with Gasteiger partial charge in [-0.1, -0.05) is 30.3 Å². The SMILES string of the molecule is CNC(CCCCNC(=O)C(CS)NC(=O)C(Cc1ccccc1)NC(=O)CS)C(C)=O. The third-order valence-electron chi connectivity index (χ3n) is 4.95. The van der Waals surface area contributed by atoms with Crippen LogP contribution >= 0.6 is 25.3 Å². The molecule has 0 aliphatic rings. The molecule has 1 rings (SSSR count). The average molecular weight is 483 g/mol. The molecule has 0 spiro atoms. The summed E-state index contributed by atoms with van der Waals surface area (Å²) in [7, 11) is 1.75. The van der Waals surface area contributed by atoms with Gasteiger partial charge in [0.15, 0.2) is 0 Å². The molecule has 0 fully saturated rings. The molecule has 4 N–H and O–H groups in total. The van der Waals surface area contributed by atoms with Crippen LogP contribution in [0, 0.1) is 0 Å². The van der Waals surface area contributed by atoms with Crippen LogP contribution in [0.5, 0.6) is 0 Å². The lowest BCUT2D eigenvalue weighted by Gasteiger charge is -2.22. The number of ketones is 1. The smallest absolute Gasteiger partial charge is 0.243 e. The Labute approximate surface area is 200 Å². The molecule has 0 aliphatic heterocycles. The van der Waals surface area contributed by atoms with Crippen molar-refractivity contribution in [3.8, 4) is 0 Å². The molecule has 0 aromatic heterocycles. The van der Waals surface area contributed by atoms with Gasteiger partial charge in [0.25, 0.3) is 0 Å². The zero-order valence-corrected chi connectivity index (χ0v) is 20.4. The van der Waals surface area contributed by atoms with Gasteiger partial charge in [-0.3, -0.25) is 19.2 Å². The van der Waals surface area contributed by atoms with Crippen LogP contribution in [0.25, 0.3) is 0 Å². The van der Waals surface area contributed by atoms with E-state index >= 15 is 0 Å². The summed E-state index contributed by atoms with van der Waals surface area (Å²) in [5.74, 6) is -1.03. The van der Waals surface area contributed by atoms with Crippen LogP contribution in [0.3, 0.4) is 0 Å². The van der Waals surface area contributed by atoms with E-state index in [1.165, 1.54) is 0 Å². The lowest BCUT2D eigenvalue weighted by molar-refractivity contribution is -0.131. The number of Topliss-reactive ketones (excluding diaryl/α,β-unsaturated/α-hetero) is 1. The van der Waals surface area contributed by atoms with Gasteiger partial charge in [0.1, 0.15) is 17.9 Å². The number of rotatable bonds is 15. The number of thiol groups is 2. The molecule has 3 unspecified atom stereocenters. The number of hydrogen-bond donors (Lipinski definition) is 6. The molecule has 0 aliphatic carbocycles. The minimum atomic E-state index is -0.836. The average Bonchev–Trinajstić information content (AvgIpc) is 2.79. The van der Waals surface area contributed by atoms with Crippen LogP contribution in [-0.4, -0.2) is 66.7 Å². The van der Waals surface area contributed by atoms with Crippen LogP contribution in [0.15, 0.2) is 30.3 Å². The van der Waals surface area contributed by atoms with Crippen molar-refractivity contribution >= 4 is 48.8 Å². The highest BCUT2D eigenvalue weighted by Gasteiger charge is 2.26. The van der Waals surface area contributed by atoms with Gasteiger partial charge in [0.05, 0.1) is 11.8 Å². The molecule has 1 aromatic rings. The molecule has 178 valence electrons. The van der Waals surface area contributed by atoms with Crippen molar-refractivity contribution in [2.45, 2.75) is 50.7 Å². The highest BCUT2D eigenvalue weighted by Crippen LogP contribution is 2.05. The topological polar surface area (TPSA) is 116 Å². The molecule has 32 heavy (non-hydrogen) atoms. The Morgan fingerprint density at radius 1 is 0.906 bits per heavy atom. The lowest BCUT2D eigenvalue weighted by Crippen LogP contribution is -2.55. The fourth-order valence-corrected chi connectivity index (χ4v) is 3.47. The van der Waals surface area contributed by atoms with Crippen molar-refractivity contribution in [2.75, 3.05) is 25.1 Å². The van der Waals surface area contributed by atoms with Gasteiger partial charge in [-0.2, -0.15) is 25.3 Å².